The monoisotopic (exact) mass is 314 g/mol. The van der Waals surface area contributed by atoms with Gasteiger partial charge in [-0.3, -0.25) is 0 Å². The highest BCUT2D eigenvalue weighted by molar-refractivity contribution is 6.74. The van der Waals surface area contributed by atoms with Crippen LogP contribution in [0.1, 0.15) is 98.8 Å². The normalized spacial score (nSPS) is 14.4. The highest BCUT2D eigenvalue weighted by atomic mass is 28.4. The Hall–Kier alpha value is 0.177. The lowest BCUT2D eigenvalue weighted by atomic mass is 10.1. The predicted octanol–water partition coefficient (Wildman–Crippen LogP) is 7.32. The lowest BCUT2D eigenvalue weighted by molar-refractivity contribution is 0.185. The molecular weight excluding hydrogens is 272 g/mol. The number of rotatable bonds is 12. The van der Waals surface area contributed by atoms with Gasteiger partial charge >= 0.3 is 0 Å². The number of unbranched alkanes of at least 4 members (excludes halogenated alkanes) is 8. The van der Waals surface area contributed by atoms with Gasteiger partial charge in [-0.1, -0.05) is 85.5 Å². The largest absolute Gasteiger partial charge is 0.414 e. The molecule has 0 rings (SSSR count). The van der Waals surface area contributed by atoms with Crippen molar-refractivity contribution < 1.29 is 4.43 Å². The Morgan fingerprint density at radius 2 is 1.24 bits per heavy atom. The second kappa shape index (κ2) is 10.8. The molecule has 0 amide bonds. The van der Waals surface area contributed by atoms with Crippen LogP contribution in [0.4, 0.5) is 0 Å². The topological polar surface area (TPSA) is 9.23 Å². The Balaban J connectivity index is 3.56. The van der Waals surface area contributed by atoms with E-state index in [4.69, 9.17) is 4.43 Å². The van der Waals surface area contributed by atoms with Gasteiger partial charge in [-0.2, -0.15) is 0 Å². The number of hydrogen-bond acceptors (Lipinski definition) is 1. The van der Waals surface area contributed by atoms with Crippen molar-refractivity contribution in [1.29, 1.82) is 0 Å². The van der Waals surface area contributed by atoms with Gasteiger partial charge in [-0.05, 0) is 31.5 Å². The first-order valence-corrected chi connectivity index (χ1v) is 12.3. The Bertz CT molecular complexity index is 242. The minimum Gasteiger partial charge on any atom is -0.414 e. The van der Waals surface area contributed by atoms with Crippen molar-refractivity contribution in [2.24, 2.45) is 0 Å². The van der Waals surface area contributed by atoms with E-state index in [0.29, 0.717) is 11.1 Å². The third-order valence-corrected chi connectivity index (χ3v) is 9.62. The smallest absolute Gasteiger partial charge is 0.192 e. The third kappa shape index (κ3) is 10.5. The van der Waals surface area contributed by atoms with Crippen molar-refractivity contribution in [1.82, 2.24) is 0 Å². The first-order valence-electron chi connectivity index (χ1n) is 9.38. The van der Waals surface area contributed by atoms with Crippen LogP contribution in [0, 0.1) is 0 Å². The first-order chi connectivity index (χ1) is 9.70. The van der Waals surface area contributed by atoms with Gasteiger partial charge in [0.25, 0.3) is 0 Å². The maximum absolute atomic E-state index is 6.41. The Morgan fingerprint density at radius 1 is 0.810 bits per heavy atom. The standard InChI is InChI=1S/C19H42OSi/c1-8-9-10-11-12-13-14-15-16-17-18(2)20-21(6,7)19(3,4)5/h18H,8-17H2,1-7H3. The van der Waals surface area contributed by atoms with E-state index in [1.54, 1.807) is 0 Å². The van der Waals surface area contributed by atoms with Crippen molar-refractivity contribution in [3.05, 3.63) is 0 Å². The van der Waals surface area contributed by atoms with Crippen LogP contribution in [0.25, 0.3) is 0 Å². The van der Waals surface area contributed by atoms with Crippen LogP contribution >= 0.6 is 0 Å². The van der Waals surface area contributed by atoms with E-state index in [-0.39, 0.29) is 0 Å². The molecular formula is C19H42OSi. The summed E-state index contributed by atoms with van der Waals surface area (Å²) in [6.07, 6.45) is 14.3. The van der Waals surface area contributed by atoms with E-state index in [1.807, 2.05) is 0 Å². The molecule has 2 heteroatoms. The fourth-order valence-electron chi connectivity index (χ4n) is 2.48. The fraction of sp³-hybridized carbons (Fsp3) is 1.00. The van der Waals surface area contributed by atoms with Gasteiger partial charge in [0.15, 0.2) is 8.32 Å². The molecule has 0 N–H and O–H groups in total. The Labute approximate surface area is 136 Å². The van der Waals surface area contributed by atoms with Crippen LogP contribution in [0.2, 0.25) is 18.1 Å². The molecule has 0 aromatic heterocycles. The van der Waals surface area contributed by atoms with Crippen molar-refractivity contribution in [3.8, 4) is 0 Å². The summed E-state index contributed by atoms with van der Waals surface area (Å²) in [5.74, 6) is 0. The lowest BCUT2D eigenvalue weighted by Gasteiger charge is -2.38. The molecule has 128 valence electrons. The zero-order valence-corrected chi connectivity index (χ0v) is 17.1. The molecule has 0 aromatic rings. The lowest BCUT2D eigenvalue weighted by Crippen LogP contribution is -2.43. The molecule has 0 radical (unpaired) electrons. The fourth-order valence-corrected chi connectivity index (χ4v) is 3.96. The van der Waals surface area contributed by atoms with Crippen LogP contribution < -0.4 is 0 Å². The van der Waals surface area contributed by atoms with E-state index in [2.05, 4.69) is 47.7 Å². The number of hydrogen-bond donors (Lipinski definition) is 0. The molecule has 1 nitrogen and oxygen atoms in total. The van der Waals surface area contributed by atoms with Crippen molar-refractivity contribution in [2.45, 2.75) is 123 Å². The zero-order valence-electron chi connectivity index (χ0n) is 16.1. The average molecular weight is 315 g/mol. The summed E-state index contributed by atoms with van der Waals surface area (Å²) in [4.78, 5) is 0. The van der Waals surface area contributed by atoms with E-state index >= 15 is 0 Å². The molecule has 0 bridgehead atoms. The van der Waals surface area contributed by atoms with E-state index in [1.165, 1.54) is 64.2 Å². The molecule has 0 spiro atoms. The molecule has 0 saturated carbocycles. The van der Waals surface area contributed by atoms with Crippen LogP contribution in [0.5, 0.6) is 0 Å². The molecule has 0 aliphatic rings. The Kier molecular flexibility index (Phi) is 10.9. The van der Waals surface area contributed by atoms with E-state index in [0.717, 1.165) is 0 Å². The van der Waals surface area contributed by atoms with Gasteiger partial charge in [0.2, 0.25) is 0 Å². The van der Waals surface area contributed by atoms with Crippen LogP contribution in [-0.2, 0) is 4.43 Å². The SMILES string of the molecule is CCCCCCCCCCCC(C)O[Si](C)(C)C(C)(C)C. The zero-order chi connectivity index (χ0) is 16.4. The molecule has 0 heterocycles. The molecule has 21 heavy (non-hydrogen) atoms. The quantitative estimate of drug-likeness (QED) is 0.271. The maximum atomic E-state index is 6.41. The highest BCUT2D eigenvalue weighted by Gasteiger charge is 2.38. The minimum atomic E-state index is -1.56. The highest BCUT2D eigenvalue weighted by Crippen LogP contribution is 2.37. The van der Waals surface area contributed by atoms with Crippen molar-refractivity contribution in [3.63, 3.8) is 0 Å². The second-order valence-corrected chi connectivity index (χ2v) is 13.1. The molecule has 0 aliphatic carbocycles. The third-order valence-electron chi connectivity index (χ3n) is 5.02. The van der Waals surface area contributed by atoms with Gasteiger partial charge in [-0.15, -0.1) is 0 Å². The van der Waals surface area contributed by atoms with E-state index < -0.39 is 8.32 Å². The molecule has 0 fully saturated rings. The van der Waals surface area contributed by atoms with Gasteiger partial charge in [0, 0.05) is 6.10 Å². The summed E-state index contributed by atoms with van der Waals surface area (Å²) in [7, 11) is -1.56. The van der Waals surface area contributed by atoms with Gasteiger partial charge in [-0.25, -0.2) is 0 Å². The van der Waals surface area contributed by atoms with Gasteiger partial charge in [0.1, 0.15) is 0 Å². The summed E-state index contributed by atoms with van der Waals surface area (Å²) in [5, 5.41) is 0.333. The summed E-state index contributed by atoms with van der Waals surface area (Å²) in [6, 6.07) is 0. The maximum Gasteiger partial charge on any atom is 0.192 e. The van der Waals surface area contributed by atoms with Gasteiger partial charge < -0.3 is 4.43 Å². The van der Waals surface area contributed by atoms with Gasteiger partial charge in [0.05, 0.1) is 0 Å². The predicted molar refractivity (Wildman–Crippen MR) is 99.6 cm³/mol. The van der Waals surface area contributed by atoms with E-state index in [9.17, 15) is 0 Å². The summed E-state index contributed by atoms with van der Waals surface area (Å²) in [6.45, 7) is 16.2. The van der Waals surface area contributed by atoms with Crippen LogP contribution in [0.15, 0.2) is 0 Å². The summed E-state index contributed by atoms with van der Waals surface area (Å²) >= 11 is 0. The summed E-state index contributed by atoms with van der Waals surface area (Å²) in [5.41, 5.74) is 0. The first kappa shape index (κ1) is 21.2. The minimum absolute atomic E-state index is 0.333. The van der Waals surface area contributed by atoms with Crippen LogP contribution in [0.3, 0.4) is 0 Å². The van der Waals surface area contributed by atoms with Crippen molar-refractivity contribution in [2.75, 3.05) is 0 Å². The van der Waals surface area contributed by atoms with Crippen LogP contribution in [-0.4, -0.2) is 14.4 Å². The second-order valence-electron chi connectivity index (χ2n) is 8.31. The molecule has 1 atom stereocenters. The molecule has 0 aromatic carbocycles. The average Bonchev–Trinajstić information content (AvgIpc) is 2.35. The molecule has 0 saturated heterocycles. The Morgan fingerprint density at radius 3 is 1.67 bits per heavy atom. The summed E-state index contributed by atoms with van der Waals surface area (Å²) < 4.78 is 6.41. The molecule has 0 aliphatic heterocycles. The molecule has 1 unspecified atom stereocenters. The van der Waals surface area contributed by atoms with Crippen molar-refractivity contribution >= 4 is 8.32 Å².